The van der Waals surface area contributed by atoms with Crippen LogP contribution in [0.1, 0.15) is 23.0 Å². The lowest BCUT2D eigenvalue weighted by atomic mass is 10.2. The Kier molecular flexibility index (Phi) is 3.65. The second kappa shape index (κ2) is 4.78. The zero-order valence-corrected chi connectivity index (χ0v) is 9.77. The summed E-state index contributed by atoms with van der Waals surface area (Å²) in [5.74, 6) is -0.807. The predicted molar refractivity (Wildman–Crippen MR) is 56.9 cm³/mol. The lowest BCUT2D eigenvalue weighted by Gasteiger charge is -2.10. The van der Waals surface area contributed by atoms with Crippen molar-refractivity contribution in [2.24, 2.45) is 7.05 Å². The van der Waals surface area contributed by atoms with E-state index >= 15 is 0 Å². The highest BCUT2D eigenvalue weighted by Crippen LogP contribution is 2.05. The Balaban J connectivity index is 2.73. The number of rotatable bonds is 3. The molecule has 1 aromatic rings. The van der Waals surface area contributed by atoms with Crippen LogP contribution in [0.2, 0.25) is 0 Å². The highest BCUT2D eigenvalue weighted by atomic mass is 16.5. The molecule has 0 aliphatic carbocycles. The molecular formula is C10H15N3O3. The van der Waals surface area contributed by atoms with E-state index in [2.05, 4.69) is 15.2 Å². The number of ether oxygens (including phenoxy) is 1. The van der Waals surface area contributed by atoms with Gasteiger partial charge < -0.3 is 10.1 Å². The lowest BCUT2D eigenvalue weighted by Crippen LogP contribution is -2.39. The molecule has 1 aromatic heterocycles. The van der Waals surface area contributed by atoms with Crippen LogP contribution in [0.15, 0.2) is 6.20 Å². The fourth-order valence-corrected chi connectivity index (χ4v) is 1.23. The van der Waals surface area contributed by atoms with Gasteiger partial charge in [-0.25, -0.2) is 4.79 Å². The summed E-state index contributed by atoms with van der Waals surface area (Å²) in [5.41, 5.74) is 1.20. The van der Waals surface area contributed by atoms with Crippen molar-refractivity contribution >= 4 is 11.9 Å². The molecular weight excluding hydrogens is 210 g/mol. The number of carbonyl (C=O) groups is 2. The fraction of sp³-hybridized carbons (Fsp3) is 0.500. The SMILES string of the molecule is COC(=O)C(C)NC(=O)c1cnn(C)c1C. The van der Waals surface area contributed by atoms with Crippen molar-refractivity contribution < 1.29 is 14.3 Å². The molecule has 0 aromatic carbocycles. The smallest absolute Gasteiger partial charge is 0.328 e. The molecule has 6 heteroatoms. The summed E-state index contributed by atoms with van der Waals surface area (Å²) >= 11 is 0. The van der Waals surface area contributed by atoms with Crippen LogP contribution in [0.25, 0.3) is 0 Å². The number of methoxy groups -OCH3 is 1. The Labute approximate surface area is 93.6 Å². The van der Waals surface area contributed by atoms with Crippen LogP contribution >= 0.6 is 0 Å². The van der Waals surface area contributed by atoms with Gasteiger partial charge in [-0.05, 0) is 13.8 Å². The third kappa shape index (κ3) is 2.39. The molecule has 6 nitrogen and oxygen atoms in total. The van der Waals surface area contributed by atoms with Crippen molar-refractivity contribution in [2.75, 3.05) is 7.11 Å². The van der Waals surface area contributed by atoms with Crippen molar-refractivity contribution in [3.8, 4) is 0 Å². The minimum atomic E-state index is -0.669. The van der Waals surface area contributed by atoms with Gasteiger partial charge in [-0.1, -0.05) is 0 Å². The van der Waals surface area contributed by atoms with Crippen LogP contribution in [0.5, 0.6) is 0 Å². The number of esters is 1. The van der Waals surface area contributed by atoms with E-state index in [1.165, 1.54) is 13.3 Å². The highest BCUT2D eigenvalue weighted by molar-refractivity contribution is 5.97. The van der Waals surface area contributed by atoms with Gasteiger partial charge in [0.05, 0.1) is 18.9 Å². The fourth-order valence-electron chi connectivity index (χ4n) is 1.23. The molecule has 0 aliphatic rings. The van der Waals surface area contributed by atoms with Crippen LogP contribution in [0, 0.1) is 6.92 Å². The average molecular weight is 225 g/mol. The van der Waals surface area contributed by atoms with Gasteiger partial charge in [0.2, 0.25) is 0 Å². The largest absolute Gasteiger partial charge is 0.467 e. The van der Waals surface area contributed by atoms with Crippen molar-refractivity contribution in [1.29, 1.82) is 0 Å². The Hall–Kier alpha value is -1.85. The van der Waals surface area contributed by atoms with Gasteiger partial charge in [0.15, 0.2) is 0 Å². The molecule has 88 valence electrons. The molecule has 1 unspecified atom stereocenters. The molecule has 0 bridgehead atoms. The molecule has 1 heterocycles. The van der Waals surface area contributed by atoms with E-state index in [-0.39, 0.29) is 5.91 Å². The molecule has 16 heavy (non-hydrogen) atoms. The summed E-state index contributed by atoms with van der Waals surface area (Å²) < 4.78 is 6.10. The van der Waals surface area contributed by atoms with Crippen molar-refractivity contribution in [2.45, 2.75) is 19.9 Å². The van der Waals surface area contributed by atoms with E-state index in [9.17, 15) is 9.59 Å². The van der Waals surface area contributed by atoms with E-state index in [4.69, 9.17) is 0 Å². The normalized spacial score (nSPS) is 12.0. The first-order valence-corrected chi connectivity index (χ1v) is 4.84. The quantitative estimate of drug-likeness (QED) is 0.736. The van der Waals surface area contributed by atoms with E-state index in [0.717, 1.165) is 5.69 Å². The average Bonchev–Trinajstić information content (AvgIpc) is 2.58. The van der Waals surface area contributed by atoms with E-state index < -0.39 is 12.0 Å². The second-order valence-corrected chi connectivity index (χ2v) is 3.49. The Morgan fingerprint density at radius 3 is 2.62 bits per heavy atom. The van der Waals surface area contributed by atoms with Crippen molar-refractivity contribution in [3.63, 3.8) is 0 Å². The number of amides is 1. The summed E-state index contributed by atoms with van der Waals surface area (Å²) in [7, 11) is 3.02. The molecule has 1 atom stereocenters. The molecule has 0 saturated carbocycles. The van der Waals surface area contributed by atoms with Crippen LogP contribution in [0.3, 0.4) is 0 Å². The number of aromatic nitrogens is 2. The number of hydrogen-bond acceptors (Lipinski definition) is 4. The van der Waals surface area contributed by atoms with Crippen LogP contribution in [-0.4, -0.2) is 34.8 Å². The first-order chi connectivity index (χ1) is 7.47. The Morgan fingerprint density at radius 2 is 2.19 bits per heavy atom. The van der Waals surface area contributed by atoms with Crippen molar-refractivity contribution in [1.82, 2.24) is 15.1 Å². The van der Waals surface area contributed by atoms with Gasteiger partial charge in [0.25, 0.3) is 5.91 Å². The molecule has 0 saturated heterocycles. The molecule has 0 fully saturated rings. The standard InChI is InChI=1S/C10H15N3O3/c1-6(10(15)16-4)12-9(14)8-5-11-13(3)7(8)2/h5-6H,1-4H3,(H,12,14). The molecule has 0 radical (unpaired) electrons. The highest BCUT2D eigenvalue weighted by Gasteiger charge is 2.19. The number of nitrogens with zero attached hydrogens (tertiary/aromatic N) is 2. The maximum absolute atomic E-state index is 11.7. The lowest BCUT2D eigenvalue weighted by molar-refractivity contribution is -0.142. The topological polar surface area (TPSA) is 73.2 Å². The minimum absolute atomic E-state index is 0.330. The summed E-state index contributed by atoms with van der Waals surface area (Å²) in [4.78, 5) is 22.8. The van der Waals surface area contributed by atoms with E-state index in [1.54, 1.807) is 25.6 Å². The summed E-state index contributed by atoms with van der Waals surface area (Å²) in [6.45, 7) is 3.35. The number of carbonyl (C=O) groups excluding carboxylic acids is 2. The third-order valence-corrected chi connectivity index (χ3v) is 2.38. The minimum Gasteiger partial charge on any atom is -0.467 e. The maximum Gasteiger partial charge on any atom is 0.328 e. The molecule has 0 aliphatic heterocycles. The first-order valence-electron chi connectivity index (χ1n) is 4.84. The van der Waals surface area contributed by atoms with Gasteiger partial charge in [0.1, 0.15) is 6.04 Å². The Morgan fingerprint density at radius 1 is 1.56 bits per heavy atom. The summed E-state index contributed by atoms with van der Waals surface area (Å²) in [6, 6.07) is -0.669. The van der Waals surface area contributed by atoms with Gasteiger partial charge in [-0.15, -0.1) is 0 Å². The third-order valence-electron chi connectivity index (χ3n) is 2.38. The van der Waals surface area contributed by atoms with Gasteiger partial charge in [-0.3, -0.25) is 9.48 Å². The van der Waals surface area contributed by atoms with Crippen LogP contribution in [0.4, 0.5) is 0 Å². The van der Waals surface area contributed by atoms with Gasteiger partial charge in [0, 0.05) is 12.7 Å². The number of hydrogen-bond donors (Lipinski definition) is 1. The molecule has 1 N–H and O–H groups in total. The molecule has 0 spiro atoms. The maximum atomic E-state index is 11.7. The zero-order valence-electron chi connectivity index (χ0n) is 9.77. The van der Waals surface area contributed by atoms with Gasteiger partial charge >= 0.3 is 5.97 Å². The first kappa shape index (κ1) is 12.2. The second-order valence-electron chi connectivity index (χ2n) is 3.49. The Bertz CT molecular complexity index is 411. The monoisotopic (exact) mass is 225 g/mol. The van der Waals surface area contributed by atoms with Crippen LogP contribution in [-0.2, 0) is 16.6 Å². The summed E-state index contributed by atoms with van der Waals surface area (Å²) in [5, 5.41) is 6.48. The number of nitrogens with one attached hydrogen (secondary N) is 1. The summed E-state index contributed by atoms with van der Waals surface area (Å²) in [6.07, 6.45) is 1.47. The molecule has 1 rings (SSSR count). The van der Waals surface area contributed by atoms with Gasteiger partial charge in [-0.2, -0.15) is 5.10 Å². The van der Waals surface area contributed by atoms with E-state index in [1.807, 2.05) is 0 Å². The molecule has 1 amide bonds. The predicted octanol–water partition coefficient (Wildman–Crippen LogP) is 0.0198. The zero-order chi connectivity index (χ0) is 12.3. The van der Waals surface area contributed by atoms with Crippen molar-refractivity contribution in [3.05, 3.63) is 17.5 Å². The van der Waals surface area contributed by atoms with E-state index in [0.29, 0.717) is 5.56 Å². The van der Waals surface area contributed by atoms with Crippen LogP contribution < -0.4 is 5.32 Å². The number of aryl methyl sites for hydroxylation is 1.